The van der Waals surface area contributed by atoms with Gasteiger partial charge in [0.05, 0.1) is 18.0 Å². The van der Waals surface area contributed by atoms with E-state index < -0.39 is 16.1 Å². The number of nitrogens with one attached hydrogen (secondary N) is 1. The maximum atomic E-state index is 13.0. The molecule has 0 saturated heterocycles. The summed E-state index contributed by atoms with van der Waals surface area (Å²) in [5.41, 5.74) is 3.71. The van der Waals surface area contributed by atoms with Gasteiger partial charge in [0, 0.05) is 5.02 Å². The molecule has 0 bridgehead atoms. The number of nitrogens with zero attached hydrogens (tertiary/aromatic N) is 1. The van der Waals surface area contributed by atoms with Gasteiger partial charge in [0.1, 0.15) is 6.04 Å². The molecule has 7 heteroatoms. The molecule has 0 unspecified atom stereocenters. The minimum Gasteiger partial charge on any atom is -0.348 e. The van der Waals surface area contributed by atoms with Crippen LogP contribution in [0, 0.1) is 13.8 Å². The summed E-state index contributed by atoms with van der Waals surface area (Å²) in [5.74, 6) is -0.339. The zero-order valence-corrected chi connectivity index (χ0v) is 18.4. The highest BCUT2D eigenvalue weighted by atomic mass is 35.5. The van der Waals surface area contributed by atoms with Crippen LogP contribution in [0.15, 0.2) is 42.5 Å². The Morgan fingerprint density at radius 1 is 1.11 bits per heavy atom. The van der Waals surface area contributed by atoms with Gasteiger partial charge in [-0.2, -0.15) is 0 Å². The van der Waals surface area contributed by atoms with E-state index in [0.717, 1.165) is 21.7 Å². The first kappa shape index (κ1) is 22.2. The number of hydrogen-bond acceptors (Lipinski definition) is 3. The fourth-order valence-electron chi connectivity index (χ4n) is 3.08. The second-order valence-corrected chi connectivity index (χ2v) is 9.33. The van der Waals surface area contributed by atoms with Crippen molar-refractivity contribution in [3.8, 4) is 0 Å². The number of amides is 1. The third-order valence-corrected chi connectivity index (χ3v) is 6.23. The number of rotatable bonds is 7. The molecule has 2 aromatic rings. The van der Waals surface area contributed by atoms with Crippen molar-refractivity contribution in [2.45, 2.75) is 46.2 Å². The lowest BCUT2D eigenvalue weighted by atomic mass is 10.0. The summed E-state index contributed by atoms with van der Waals surface area (Å²) < 4.78 is 26.1. The highest BCUT2D eigenvalue weighted by molar-refractivity contribution is 7.92. The summed E-state index contributed by atoms with van der Waals surface area (Å²) in [6.45, 7) is 7.74. The van der Waals surface area contributed by atoms with E-state index in [4.69, 9.17) is 11.6 Å². The average Bonchev–Trinajstić information content (AvgIpc) is 2.61. The minimum atomic E-state index is -3.67. The van der Waals surface area contributed by atoms with Gasteiger partial charge < -0.3 is 5.32 Å². The van der Waals surface area contributed by atoms with Crippen LogP contribution in [0.3, 0.4) is 0 Å². The zero-order chi connectivity index (χ0) is 21.1. The number of benzene rings is 2. The van der Waals surface area contributed by atoms with Crippen LogP contribution in [0.2, 0.25) is 5.02 Å². The monoisotopic (exact) mass is 422 g/mol. The Bertz CT molecular complexity index is 943. The van der Waals surface area contributed by atoms with Crippen LogP contribution in [-0.4, -0.2) is 26.6 Å². The Morgan fingerprint density at radius 3 is 2.21 bits per heavy atom. The summed E-state index contributed by atoms with van der Waals surface area (Å²) in [7, 11) is -3.67. The molecule has 0 aliphatic rings. The van der Waals surface area contributed by atoms with Gasteiger partial charge in [0.15, 0.2) is 0 Å². The van der Waals surface area contributed by atoms with Crippen molar-refractivity contribution in [2.24, 2.45) is 0 Å². The van der Waals surface area contributed by atoms with E-state index in [9.17, 15) is 13.2 Å². The van der Waals surface area contributed by atoms with E-state index in [1.54, 1.807) is 31.2 Å². The lowest BCUT2D eigenvalue weighted by molar-refractivity contribution is -0.122. The summed E-state index contributed by atoms with van der Waals surface area (Å²) in [6.07, 6.45) is 1.44. The molecule has 0 spiro atoms. The van der Waals surface area contributed by atoms with E-state index in [-0.39, 0.29) is 11.9 Å². The quantitative estimate of drug-likeness (QED) is 0.720. The third kappa shape index (κ3) is 5.26. The Morgan fingerprint density at radius 2 is 1.71 bits per heavy atom. The molecule has 0 saturated carbocycles. The number of carbonyl (C=O) groups excluding carboxylic acids is 1. The second-order valence-electron chi connectivity index (χ2n) is 7.03. The Kier molecular flexibility index (Phi) is 7.12. The molecule has 0 heterocycles. The van der Waals surface area contributed by atoms with E-state index >= 15 is 0 Å². The summed E-state index contributed by atoms with van der Waals surface area (Å²) in [5, 5.41) is 3.45. The highest BCUT2D eigenvalue weighted by Gasteiger charge is 2.32. The Balaban J connectivity index is 2.30. The molecule has 0 radical (unpaired) electrons. The molecular weight excluding hydrogens is 396 g/mol. The molecule has 152 valence electrons. The SMILES string of the molecule is CC[C@@H](C(=O)N[C@@H](C)c1ccc(C)c(C)c1)N(c1ccc(Cl)cc1)S(C)(=O)=O. The Labute approximate surface area is 172 Å². The van der Waals surface area contributed by atoms with Crippen LogP contribution < -0.4 is 9.62 Å². The number of carbonyl (C=O) groups is 1. The summed E-state index contributed by atoms with van der Waals surface area (Å²) >= 11 is 5.92. The first-order chi connectivity index (χ1) is 13.0. The molecule has 0 aromatic heterocycles. The molecule has 5 nitrogen and oxygen atoms in total. The van der Waals surface area contributed by atoms with Crippen molar-refractivity contribution in [1.82, 2.24) is 5.32 Å². The van der Waals surface area contributed by atoms with Gasteiger partial charge in [-0.25, -0.2) is 8.42 Å². The van der Waals surface area contributed by atoms with Crippen LogP contribution in [0.5, 0.6) is 0 Å². The molecule has 2 aromatic carbocycles. The number of sulfonamides is 1. The first-order valence-corrected chi connectivity index (χ1v) is 11.4. The van der Waals surface area contributed by atoms with E-state index in [1.807, 2.05) is 39.0 Å². The van der Waals surface area contributed by atoms with E-state index in [0.29, 0.717) is 17.1 Å². The second kappa shape index (κ2) is 8.97. The fourth-order valence-corrected chi connectivity index (χ4v) is 4.41. The summed E-state index contributed by atoms with van der Waals surface area (Å²) in [6, 6.07) is 11.3. The third-order valence-electron chi connectivity index (χ3n) is 4.80. The van der Waals surface area contributed by atoms with Gasteiger partial charge in [0.2, 0.25) is 15.9 Å². The topological polar surface area (TPSA) is 66.5 Å². The molecule has 0 aliphatic carbocycles. The predicted molar refractivity (Wildman–Crippen MR) is 115 cm³/mol. The first-order valence-electron chi connectivity index (χ1n) is 9.17. The molecule has 0 fully saturated rings. The van der Waals surface area contributed by atoms with Crippen LogP contribution in [0.25, 0.3) is 0 Å². The summed E-state index contributed by atoms with van der Waals surface area (Å²) in [4.78, 5) is 13.0. The van der Waals surface area contributed by atoms with Crippen molar-refractivity contribution in [2.75, 3.05) is 10.6 Å². The average molecular weight is 423 g/mol. The molecule has 28 heavy (non-hydrogen) atoms. The maximum absolute atomic E-state index is 13.0. The normalized spacial score (nSPS) is 13.6. The molecule has 2 rings (SSSR count). The van der Waals surface area contributed by atoms with Crippen molar-refractivity contribution in [3.63, 3.8) is 0 Å². The smallest absolute Gasteiger partial charge is 0.244 e. The van der Waals surface area contributed by atoms with Crippen molar-refractivity contribution >= 4 is 33.2 Å². The number of anilines is 1. The largest absolute Gasteiger partial charge is 0.348 e. The molecule has 1 amide bonds. The van der Waals surface area contributed by atoms with Gasteiger partial charge in [0.25, 0.3) is 0 Å². The fraction of sp³-hybridized carbons (Fsp3) is 0.381. The van der Waals surface area contributed by atoms with Crippen LogP contribution >= 0.6 is 11.6 Å². The van der Waals surface area contributed by atoms with Crippen molar-refractivity contribution in [1.29, 1.82) is 0 Å². The number of halogens is 1. The van der Waals surface area contributed by atoms with Crippen molar-refractivity contribution in [3.05, 3.63) is 64.2 Å². The predicted octanol–water partition coefficient (Wildman–Crippen LogP) is 4.38. The zero-order valence-electron chi connectivity index (χ0n) is 16.9. The van der Waals surface area contributed by atoms with Gasteiger partial charge >= 0.3 is 0 Å². The number of hydrogen-bond donors (Lipinski definition) is 1. The number of aryl methyl sites for hydroxylation is 2. The molecule has 2 atom stereocenters. The lowest BCUT2D eigenvalue weighted by Gasteiger charge is -2.31. The van der Waals surface area contributed by atoms with E-state index in [2.05, 4.69) is 5.32 Å². The molecular formula is C21H27ClN2O3S. The van der Waals surface area contributed by atoms with E-state index in [1.165, 1.54) is 5.56 Å². The van der Waals surface area contributed by atoms with Gasteiger partial charge in [-0.3, -0.25) is 9.10 Å². The highest BCUT2D eigenvalue weighted by Crippen LogP contribution is 2.25. The van der Waals surface area contributed by atoms with Gasteiger partial charge in [-0.15, -0.1) is 0 Å². The van der Waals surface area contributed by atoms with Crippen LogP contribution in [0.4, 0.5) is 5.69 Å². The maximum Gasteiger partial charge on any atom is 0.244 e. The lowest BCUT2D eigenvalue weighted by Crippen LogP contribution is -2.49. The molecule has 1 N–H and O–H groups in total. The van der Waals surface area contributed by atoms with Crippen LogP contribution in [0.1, 0.15) is 43.0 Å². The van der Waals surface area contributed by atoms with Crippen LogP contribution in [-0.2, 0) is 14.8 Å². The van der Waals surface area contributed by atoms with Gasteiger partial charge in [-0.1, -0.05) is 36.7 Å². The Hall–Kier alpha value is -2.05. The minimum absolute atomic E-state index is 0.243. The standard InChI is InChI=1S/C21H27ClN2O3S/c1-6-20(24(28(5,26)27)19-11-9-18(22)10-12-19)21(25)23-16(4)17-8-7-14(2)15(3)13-17/h7-13,16,20H,6H2,1-5H3,(H,23,25)/t16-,20-/m0/s1. The molecule has 0 aliphatic heterocycles. The van der Waals surface area contributed by atoms with Crippen molar-refractivity contribution < 1.29 is 13.2 Å². The van der Waals surface area contributed by atoms with Gasteiger partial charge in [-0.05, 0) is 68.1 Å².